The molecule has 2 fully saturated rings. The Morgan fingerprint density at radius 3 is 1.20 bits per heavy atom. The van der Waals surface area contributed by atoms with Crippen LogP contribution < -0.4 is 0 Å². The van der Waals surface area contributed by atoms with Crippen molar-refractivity contribution in [3.8, 4) is 22.3 Å². The molecule has 60 heavy (non-hydrogen) atoms. The first-order valence-electron chi connectivity index (χ1n) is 23.7. The standard InChI is InChI=1S/2C27H33.C2H7Si.2ClH.Zr/c2*1-26(2,3)23-13-11-21(12-14-23)24-10-8-9-22-17-20(18-25(22)24)19-27(4)15-6-5-7-16-27;1-3-2;;;/h2*8-14,17-18H,5-7,15-16,19H2,1-4H3;3H,1-2H3;2*1H;/q;;;;;+2/p-2. The molecule has 0 bridgehead atoms. The molecule has 4 heteroatoms. The Hall–Kier alpha value is -1.96. The summed E-state index contributed by atoms with van der Waals surface area (Å²) in [5, 5.41) is 0. The molecular weight excluding hydrogens is 863 g/mol. The summed E-state index contributed by atoms with van der Waals surface area (Å²) in [7, 11) is 18.4. The molecule has 0 amide bonds. The van der Waals surface area contributed by atoms with Crippen LogP contribution in [0.2, 0.25) is 13.1 Å². The number of hydrogen-bond acceptors (Lipinski definition) is 0. The van der Waals surface area contributed by atoms with Crippen molar-refractivity contribution in [2.45, 2.75) is 164 Å². The Bertz CT molecular complexity index is 2130. The Labute approximate surface area is 373 Å². The van der Waals surface area contributed by atoms with E-state index < -0.39 is 21.5 Å². The van der Waals surface area contributed by atoms with E-state index in [4.69, 9.17) is 0 Å². The second-order valence-corrected chi connectivity index (χ2v) is 65.6. The molecule has 8 rings (SSSR count). The molecule has 0 spiro atoms. The fourth-order valence-electron chi connectivity index (χ4n) is 12.3. The number of allylic oxidation sites excluding steroid dienone is 2. The van der Waals surface area contributed by atoms with Gasteiger partial charge in [0.2, 0.25) is 0 Å². The van der Waals surface area contributed by atoms with Gasteiger partial charge in [-0.3, -0.25) is 0 Å². The number of benzene rings is 4. The van der Waals surface area contributed by atoms with Gasteiger partial charge < -0.3 is 0 Å². The molecule has 4 aromatic carbocycles. The molecule has 2 unspecified atom stereocenters. The Kier molecular flexibility index (Phi) is 12.1. The van der Waals surface area contributed by atoms with Crippen molar-refractivity contribution in [2.24, 2.45) is 10.8 Å². The second kappa shape index (κ2) is 16.2. The van der Waals surface area contributed by atoms with Gasteiger partial charge in [-0.05, 0) is 0 Å². The van der Waals surface area contributed by atoms with Crippen molar-refractivity contribution in [3.63, 3.8) is 0 Å². The van der Waals surface area contributed by atoms with Gasteiger partial charge in [-0.15, -0.1) is 0 Å². The van der Waals surface area contributed by atoms with Gasteiger partial charge in [0.05, 0.1) is 0 Å². The first kappa shape index (κ1) is 44.6. The van der Waals surface area contributed by atoms with Crippen molar-refractivity contribution in [1.29, 1.82) is 0 Å². The molecule has 4 aromatic rings. The van der Waals surface area contributed by atoms with Gasteiger partial charge in [-0.2, -0.15) is 0 Å². The van der Waals surface area contributed by atoms with Crippen molar-refractivity contribution in [1.82, 2.24) is 0 Å². The fraction of sp³-hybridized carbons (Fsp3) is 0.500. The van der Waals surface area contributed by atoms with Crippen LogP contribution in [0.4, 0.5) is 0 Å². The molecule has 2 saturated carbocycles. The SMILES string of the molecule is C[SiH](C)[Zr]([Cl])([Cl])([CH]1C(CC2(C)CCCCC2)=Cc2c(-c3ccc(C(C)(C)C)cc3)cccc21)[CH]1C(CC2(C)CCCCC2)=Cc2c(-c3ccc(C(C)(C)C)cc3)cccc21. The topological polar surface area (TPSA) is 0 Å². The maximum atomic E-state index is 9.21. The summed E-state index contributed by atoms with van der Waals surface area (Å²) < 4.78 is 0.189. The molecule has 0 saturated heterocycles. The Balaban J connectivity index is 1.34. The van der Waals surface area contributed by atoms with Crippen LogP contribution in [-0.2, 0) is 26.4 Å². The summed E-state index contributed by atoms with van der Waals surface area (Å²) in [5.41, 5.74) is 17.4. The minimum absolute atomic E-state index is 0.0947. The predicted molar refractivity (Wildman–Crippen MR) is 265 cm³/mol. The van der Waals surface area contributed by atoms with Gasteiger partial charge >= 0.3 is 377 Å². The molecule has 319 valence electrons. The van der Waals surface area contributed by atoms with Gasteiger partial charge in [-0.25, -0.2) is 0 Å². The number of hydrogen-bond donors (Lipinski definition) is 0. The van der Waals surface area contributed by atoms with Crippen LogP contribution in [0.1, 0.15) is 173 Å². The number of rotatable bonds is 9. The van der Waals surface area contributed by atoms with Crippen LogP contribution in [0.25, 0.3) is 34.4 Å². The van der Waals surface area contributed by atoms with Gasteiger partial charge in [0.1, 0.15) is 0 Å². The van der Waals surface area contributed by atoms with Crippen molar-refractivity contribution in [2.75, 3.05) is 0 Å². The summed E-state index contributed by atoms with van der Waals surface area (Å²) in [6.45, 7) is 24.1. The van der Waals surface area contributed by atoms with Gasteiger partial charge in [0, 0.05) is 0 Å². The zero-order valence-corrected chi connectivity index (χ0v) is 43.8. The van der Waals surface area contributed by atoms with Crippen LogP contribution in [0, 0.1) is 10.8 Å². The fourth-order valence-corrected chi connectivity index (χ4v) is 43.6. The van der Waals surface area contributed by atoms with Crippen LogP contribution >= 0.6 is 17.0 Å². The average Bonchev–Trinajstić information content (AvgIpc) is 3.76. The predicted octanol–water partition coefficient (Wildman–Crippen LogP) is 17.9. The normalized spacial score (nSPS) is 22.1. The first-order chi connectivity index (χ1) is 28.2. The van der Waals surface area contributed by atoms with Crippen LogP contribution in [-0.4, -0.2) is 5.92 Å². The first-order valence-corrected chi connectivity index (χ1v) is 40.0. The zero-order valence-electron chi connectivity index (χ0n) is 38.7. The summed E-state index contributed by atoms with van der Waals surface area (Å²) in [6, 6.07) is 33.1. The van der Waals surface area contributed by atoms with E-state index in [0.717, 1.165) is 12.8 Å². The number of halogens is 2. The second-order valence-electron chi connectivity index (χ2n) is 23.1. The maximum absolute atomic E-state index is 9.21. The van der Waals surface area contributed by atoms with Crippen LogP contribution in [0.3, 0.4) is 0 Å². The summed E-state index contributed by atoms with van der Waals surface area (Å²) >= 11 is -5.09. The summed E-state index contributed by atoms with van der Waals surface area (Å²) in [6.07, 6.45) is 20.6. The van der Waals surface area contributed by atoms with E-state index in [1.807, 2.05) is 0 Å². The van der Waals surface area contributed by atoms with Gasteiger partial charge in [-0.1, -0.05) is 0 Å². The van der Waals surface area contributed by atoms with Gasteiger partial charge in [0.25, 0.3) is 0 Å². The number of fused-ring (bicyclic) bond motifs is 2. The Morgan fingerprint density at radius 2 is 0.883 bits per heavy atom. The molecule has 4 aliphatic carbocycles. The van der Waals surface area contributed by atoms with E-state index >= 15 is 0 Å². The third-order valence-corrected chi connectivity index (χ3v) is 67.9. The van der Waals surface area contributed by atoms with Crippen LogP contribution in [0.15, 0.2) is 96.1 Å². The van der Waals surface area contributed by atoms with Gasteiger partial charge in [0.15, 0.2) is 0 Å². The molecule has 0 aromatic heterocycles. The average molecular weight is 936 g/mol. The molecule has 0 heterocycles. The molecule has 0 N–H and O–H groups in total. The summed E-state index contributed by atoms with van der Waals surface area (Å²) in [5.74, 6) is -1.75. The molecule has 0 nitrogen and oxygen atoms in total. The quantitative estimate of drug-likeness (QED) is 0.147. The van der Waals surface area contributed by atoms with E-state index in [9.17, 15) is 17.0 Å². The molecule has 0 aliphatic heterocycles. The molecule has 4 aliphatic rings. The van der Waals surface area contributed by atoms with Crippen molar-refractivity contribution < 1.29 is 15.6 Å². The van der Waals surface area contributed by atoms with E-state index in [1.165, 1.54) is 120 Å². The third kappa shape index (κ3) is 8.18. The van der Waals surface area contributed by atoms with E-state index in [2.05, 4.69) is 166 Å². The minimum atomic E-state index is -5.09. The monoisotopic (exact) mass is 933 g/mol. The zero-order chi connectivity index (χ0) is 42.9. The Morgan fingerprint density at radius 1 is 0.533 bits per heavy atom. The van der Waals surface area contributed by atoms with Crippen molar-refractivity contribution in [3.05, 3.63) is 129 Å². The van der Waals surface area contributed by atoms with E-state index in [-0.39, 0.29) is 28.9 Å². The summed E-state index contributed by atoms with van der Waals surface area (Å²) in [4.78, 5) is 0. The van der Waals surface area contributed by atoms with Crippen molar-refractivity contribution >= 4 is 35.1 Å². The molecule has 2 atom stereocenters. The van der Waals surface area contributed by atoms with Crippen LogP contribution in [0.5, 0.6) is 0 Å². The van der Waals surface area contributed by atoms with E-state index in [1.54, 1.807) is 11.1 Å². The third-order valence-electron chi connectivity index (χ3n) is 16.0. The molecule has 0 radical (unpaired) electrons. The van der Waals surface area contributed by atoms with E-state index in [0.29, 0.717) is 0 Å². The molecular formula is C56H73Cl2SiZr.